The number of carbonyl (C=O) groups excluding carboxylic acids is 1. The number of hydrogen-bond acceptors (Lipinski definition) is 3. The van der Waals surface area contributed by atoms with E-state index in [0.29, 0.717) is 15.6 Å². The summed E-state index contributed by atoms with van der Waals surface area (Å²) in [7, 11) is 0. The topological polar surface area (TPSA) is 58.8 Å². The van der Waals surface area contributed by atoms with Gasteiger partial charge in [0.1, 0.15) is 5.65 Å². The lowest BCUT2D eigenvalue weighted by atomic mass is 10.2. The number of pyridine rings is 1. The van der Waals surface area contributed by atoms with Crippen molar-refractivity contribution in [2.24, 2.45) is 5.10 Å². The van der Waals surface area contributed by atoms with Gasteiger partial charge >= 0.3 is 0 Å². The molecule has 2 heterocycles. The largest absolute Gasteiger partial charge is 0.306 e. The summed E-state index contributed by atoms with van der Waals surface area (Å²) in [5, 5.41) is 4.65. The van der Waals surface area contributed by atoms with Crippen LogP contribution in [0.25, 0.3) is 5.65 Å². The van der Waals surface area contributed by atoms with Crippen molar-refractivity contribution < 1.29 is 4.79 Å². The predicted octanol–water partition coefficient (Wildman–Crippen LogP) is 3.41. The summed E-state index contributed by atoms with van der Waals surface area (Å²) in [6.07, 6.45) is 6.95. The van der Waals surface area contributed by atoms with Crippen LogP contribution in [0.3, 0.4) is 0 Å². The zero-order valence-electron chi connectivity index (χ0n) is 11.2. The van der Waals surface area contributed by atoms with Crippen LogP contribution in [-0.2, 0) is 0 Å². The zero-order chi connectivity index (χ0) is 15.5. The fraction of sp³-hybridized carbons (Fsp3) is 0. The molecule has 0 aliphatic carbocycles. The number of rotatable bonds is 3. The number of nitrogens with zero attached hydrogens (tertiary/aromatic N) is 3. The Morgan fingerprint density at radius 1 is 1.23 bits per heavy atom. The van der Waals surface area contributed by atoms with Crippen molar-refractivity contribution in [3.63, 3.8) is 0 Å². The van der Waals surface area contributed by atoms with E-state index in [1.165, 1.54) is 6.07 Å². The summed E-state index contributed by atoms with van der Waals surface area (Å²) in [5.74, 6) is -0.362. The van der Waals surface area contributed by atoms with Crippen LogP contribution in [0, 0.1) is 0 Å². The third-order valence-corrected chi connectivity index (χ3v) is 3.71. The second-order valence-electron chi connectivity index (χ2n) is 4.48. The lowest BCUT2D eigenvalue weighted by Gasteiger charge is -2.02. The van der Waals surface area contributed by atoms with Gasteiger partial charge in [-0.1, -0.05) is 23.2 Å². The quantitative estimate of drug-likeness (QED) is 0.590. The van der Waals surface area contributed by atoms with E-state index in [2.05, 4.69) is 15.5 Å². The van der Waals surface area contributed by atoms with E-state index in [4.69, 9.17) is 23.2 Å². The van der Waals surface area contributed by atoms with Gasteiger partial charge in [-0.05, 0) is 30.3 Å². The number of carbonyl (C=O) groups is 1. The Labute approximate surface area is 136 Å². The molecule has 0 spiro atoms. The summed E-state index contributed by atoms with van der Waals surface area (Å²) < 4.78 is 1.86. The van der Waals surface area contributed by atoms with Crippen molar-refractivity contribution in [1.29, 1.82) is 0 Å². The van der Waals surface area contributed by atoms with Gasteiger partial charge in [-0.2, -0.15) is 5.10 Å². The third kappa shape index (κ3) is 3.10. The Bertz CT molecular complexity index is 873. The van der Waals surface area contributed by atoms with Gasteiger partial charge in [0.25, 0.3) is 5.91 Å². The molecule has 0 saturated carbocycles. The molecule has 0 radical (unpaired) electrons. The van der Waals surface area contributed by atoms with Gasteiger partial charge in [0.05, 0.1) is 16.3 Å². The van der Waals surface area contributed by atoms with Crippen LogP contribution in [0.1, 0.15) is 15.9 Å². The number of amides is 1. The number of halogens is 2. The monoisotopic (exact) mass is 332 g/mol. The number of nitrogens with one attached hydrogen (secondary N) is 1. The minimum Gasteiger partial charge on any atom is -0.306 e. The molecular formula is C15H10Cl2N4O. The Hall–Kier alpha value is -2.37. The predicted molar refractivity (Wildman–Crippen MR) is 86.7 cm³/mol. The first kappa shape index (κ1) is 14.6. The van der Waals surface area contributed by atoms with Gasteiger partial charge in [-0.15, -0.1) is 0 Å². The number of fused-ring (bicyclic) bond motifs is 1. The lowest BCUT2D eigenvalue weighted by molar-refractivity contribution is 0.0955. The fourth-order valence-corrected chi connectivity index (χ4v) is 2.18. The van der Waals surface area contributed by atoms with Gasteiger partial charge in [-0.3, -0.25) is 4.79 Å². The molecule has 1 amide bonds. The van der Waals surface area contributed by atoms with E-state index < -0.39 is 0 Å². The van der Waals surface area contributed by atoms with Crippen molar-refractivity contribution >= 4 is 41.0 Å². The Morgan fingerprint density at radius 2 is 2.09 bits per heavy atom. The van der Waals surface area contributed by atoms with Crippen molar-refractivity contribution in [3.05, 3.63) is 70.1 Å². The number of hydrogen-bond donors (Lipinski definition) is 1. The highest BCUT2D eigenvalue weighted by Gasteiger charge is 2.06. The van der Waals surface area contributed by atoms with Crippen LogP contribution in [0.2, 0.25) is 10.0 Å². The summed E-state index contributed by atoms with van der Waals surface area (Å²) in [5.41, 5.74) is 4.50. The maximum Gasteiger partial charge on any atom is 0.271 e. The molecular weight excluding hydrogens is 323 g/mol. The number of hydrazone groups is 1. The molecule has 22 heavy (non-hydrogen) atoms. The number of benzene rings is 1. The van der Waals surface area contributed by atoms with E-state index in [0.717, 1.165) is 11.2 Å². The highest BCUT2D eigenvalue weighted by molar-refractivity contribution is 6.42. The van der Waals surface area contributed by atoms with Crippen LogP contribution in [0.4, 0.5) is 0 Å². The summed E-state index contributed by atoms with van der Waals surface area (Å²) in [6.45, 7) is 0. The molecule has 0 unspecified atom stereocenters. The first-order valence-electron chi connectivity index (χ1n) is 6.35. The van der Waals surface area contributed by atoms with Gasteiger partial charge in [0.15, 0.2) is 0 Å². The molecule has 0 aliphatic heterocycles. The summed E-state index contributed by atoms with van der Waals surface area (Å²) >= 11 is 11.7. The standard InChI is InChI=1S/C15H10Cl2N4O/c16-12-3-2-11(7-13(12)17)15(22)20-19-8-10-1-4-14-18-5-6-21(14)9-10/h1-9H,(H,20,22)/b19-8+. The van der Waals surface area contributed by atoms with E-state index in [9.17, 15) is 4.79 Å². The highest BCUT2D eigenvalue weighted by Crippen LogP contribution is 2.22. The van der Waals surface area contributed by atoms with Gasteiger partial charge < -0.3 is 4.40 Å². The van der Waals surface area contributed by atoms with Crippen LogP contribution >= 0.6 is 23.2 Å². The molecule has 2 aromatic heterocycles. The smallest absolute Gasteiger partial charge is 0.271 e. The second kappa shape index (κ2) is 6.17. The Balaban J connectivity index is 1.70. The summed E-state index contributed by atoms with van der Waals surface area (Å²) in [6, 6.07) is 8.36. The zero-order valence-corrected chi connectivity index (χ0v) is 12.7. The van der Waals surface area contributed by atoms with E-state index in [1.54, 1.807) is 24.5 Å². The Kier molecular flexibility index (Phi) is 4.09. The molecule has 5 nitrogen and oxygen atoms in total. The van der Waals surface area contributed by atoms with Crippen molar-refractivity contribution in [3.8, 4) is 0 Å². The van der Waals surface area contributed by atoms with Crippen LogP contribution in [-0.4, -0.2) is 21.5 Å². The summed E-state index contributed by atoms with van der Waals surface area (Å²) in [4.78, 5) is 16.1. The molecule has 0 aliphatic rings. The Morgan fingerprint density at radius 3 is 2.91 bits per heavy atom. The molecule has 1 N–H and O–H groups in total. The van der Waals surface area contributed by atoms with Crippen molar-refractivity contribution in [2.75, 3.05) is 0 Å². The van der Waals surface area contributed by atoms with Crippen LogP contribution < -0.4 is 5.43 Å². The maximum absolute atomic E-state index is 11.9. The lowest BCUT2D eigenvalue weighted by Crippen LogP contribution is -2.17. The molecule has 0 atom stereocenters. The SMILES string of the molecule is O=C(N/N=C/c1ccc2nccn2c1)c1ccc(Cl)c(Cl)c1. The van der Waals surface area contributed by atoms with Crippen molar-refractivity contribution in [2.45, 2.75) is 0 Å². The molecule has 1 aromatic carbocycles. The molecule has 0 bridgehead atoms. The van der Waals surface area contributed by atoms with Crippen molar-refractivity contribution in [1.82, 2.24) is 14.8 Å². The number of imidazole rings is 1. The van der Waals surface area contributed by atoms with E-state index in [1.807, 2.05) is 28.9 Å². The first-order valence-corrected chi connectivity index (χ1v) is 7.10. The molecule has 0 saturated heterocycles. The fourth-order valence-electron chi connectivity index (χ4n) is 1.88. The average molecular weight is 333 g/mol. The molecule has 0 fully saturated rings. The normalized spacial score (nSPS) is 11.2. The minimum absolute atomic E-state index is 0.323. The second-order valence-corrected chi connectivity index (χ2v) is 5.30. The molecule has 3 rings (SSSR count). The van der Waals surface area contributed by atoms with E-state index >= 15 is 0 Å². The maximum atomic E-state index is 11.9. The highest BCUT2D eigenvalue weighted by atomic mass is 35.5. The first-order chi connectivity index (χ1) is 10.6. The minimum atomic E-state index is -0.362. The molecule has 7 heteroatoms. The van der Waals surface area contributed by atoms with Gasteiger partial charge in [-0.25, -0.2) is 10.4 Å². The average Bonchev–Trinajstić information content (AvgIpc) is 2.97. The number of aromatic nitrogens is 2. The molecule has 3 aromatic rings. The molecule has 110 valence electrons. The van der Waals surface area contributed by atoms with Crippen LogP contribution in [0.5, 0.6) is 0 Å². The van der Waals surface area contributed by atoms with Crippen LogP contribution in [0.15, 0.2) is 54.0 Å². The van der Waals surface area contributed by atoms with Gasteiger partial charge in [0, 0.05) is 29.7 Å². The van der Waals surface area contributed by atoms with Gasteiger partial charge in [0.2, 0.25) is 0 Å². The third-order valence-electron chi connectivity index (χ3n) is 2.97. The van der Waals surface area contributed by atoms with E-state index in [-0.39, 0.29) is 5.91 Å².